The molecule has 2 N–H and O–H groups in total. The number of carbonyl (C=O) groups is 3. The molecule has 1 rings (SSSR count). The lowest BCUT2D eigenvalue weighted by Gasteiger charge is -2.23. The third-order valence-electron chi connectivity index (χ3n) is 3.64. The molecule has 0 aromatic carbocycles. The van der Waals surface area contributed by atoms with Gasteiger partial charge < -0.3 is 15.4 Å². The summed E-state index contributed by atoms with van der Waals surface area (Å²) in [7, 11) is 1.70. The fraction of sp³-hybridized carbons (Fsp3) is 0.632. The van der Waals surface area contributed by atoms with Crippen LogP contribution in [0.2, 0.25) is 0 Å². The summed E-state index contributed by atoms with van der Waals surface area (Å²) in [6.07, 6.45) is 0.769. The van der Waals surface area contributed by atoms with E-state index in [4.69, 9.17) is 4.74 Å². The highest BCUT2D eigenvalue weighted by Crippen LogP contribution is 2.34. The minimum atomic E-state index is -0.431. The van der Waals surface area contributed by atoms with Crippen molar-refractivity contribution in [3.8, 4) is 0 Å². The van der Waals surface area contributed by atoms with Crippen LogP contribution >= 0.6 is 11.3 Å². The van der Waals surface area contributed by atoms with Gasteiger partial charge in [0.05, 0.1) is 25.3 Å². The van der Waals surface area contributed by atoms with E-state index in [1.807, 2.05) is 34.6 Å². The lowest BCUT2D eigenvalue weighted by molar-refractivity contribution is -0.124. The molecule has 0 bridgehead atoms. The number of ether oxygens (including phenoxy) is 1. The van der Waals surface area contributed by atoms with Crippen molar-refractivity contribution >= 4 is 34.1 Å². The normalized spacial score (nSPS) is 11.4. The van der Waals surface area contributed by atoms with E-state index in [1.54, 1.807) is 18.9 Å². The second-order valence-electron chi connectivity index (χ2n) is 7.45. The number of nitrogens with zero attached hydrogens (tertiary/aromatic N) is 1. The van der Waals surface area contributed by atoms with E-state index in [2.05, 4.69) is 10.6 Å². The Morgan fingerprint density at radius 1 is 1.11 bits per heavy atom. The van der Waals surface area contributed by atoms with Gasteiger partial charge in [-0.25, -0.2) is 4.79 Å². The fourth-order valence-corrected chi connectivity index (χ4v) is 3.75. The Labute approximate surface area is 165 Å². The van der Waals surface area contributed by atoms with E-state index in [9.17, 15) is 14.4 Å². The number of likely N-dealkylation sites (N-methyl/N-ethyl adjacent to an activating group) is 1. The molecule has 0 aliphatic rings. The minimum Gasteiger partial charge on any atom is -0.462 e. The minimum absolute atomic E-state index is 0.0399. The maximum atomic E-state index is 12.4. The average Bonchev–Trinajstić information content (AvgIpc) is 2.80. The Balaban J connectivity index is 2.79. The van der Waals surface area contributed by atoms with Gasteiger partial charge in [0.2, 0.25) is 11.8 Å². The molecule has 0 atom stereocenters. The van der Waals surface area contributed by atoms with Crippen LogP contribution in [0.4, 0.5) is 5.00 Å². The molecule has 7 nitrogen and oxygen atoms in total. The number of amides is 2. The highest BCUT2D eigenvalue weighted by molar-refractivity contribution is 7.17. The van der Waals surface area contributed by atoms with Gasteiger partial charge in [0, 0.05) is 10.4 Å². The summed E-state index contributed by atoms with van der Waals surface area (Å²) in [4.78, 5) is 39.3. The summed E-state index contributed by atoms with van der Waals surface area (Å²) in [6, 6.07) is 0. The predicted molar refractivity (Wildman–Crippen MR) is 108 cm³/mol. The molecule has 27 heavy (non-hydrogen) atoms. The number of hydrogen-bond acceptors (Lipinski definition) is 6. The first-order valence-corrected chi connectivity index (χ1v) is 9.88. The zero-order valence-corrected chi connectivity index (χ0v) is 18.1. The molecule has 0 radical (unpaired) electrons. The van der Waals surface area contributed by atoms with Crippen molar-refractivity contribution in [2.75, 3.05) is 32.1 Å². The molecule has 0 fully saturated rings. The highest BCUT2D eigenvalue weighted by Gasteiger charge is 2.23. The third kappa shape index (κ3) is 7.30. The van der Waals surface area contributed by atoms with E-state index in [1.165, 1.54) is 11.3 Å². The molecule has 0 aliphatic heterocycles. The Hall–Kier alpha value is -1.93. The number of thiophene rings is 1. The van der Waals surface area contributed by atoms with Gasteiger partial charge in [-0.05, 0) is 53.7 Å². The standard InChI is InChI=1S/C19H31N3O4S/c1-8-13-12(3)16(18(25)26-9-2)17(27-13)20-14(23)10-22(7)11-15(24)21-19(4,5)6/h8-11H2,1-7H3,(H,20,23)(H,21,24). The number of anilines is 1. The van der Waals surface area contributed by atoms with Gasteiger partial charge in [-0.15, -0.1) is 11.3 Å². The quantitative estimate of drug-likeness (QED) is 0.658. The maximum Gasteiger partial charge on any atom is 0.341 e. The molecule has 0 spiro atoms. The topological polar surface area (TPSA) is 87.7 Å². The molecular formula is C19H31N3O4S. The van der Waals surface area contributed by atoms with Crippen LogP contribution in [0.5, 0.6) is 0 Å². The summed E-state index contributed by atoms with van der Waals surface area (Å²) in [5.74, 6) is -0.861. The van der Waals surface area contributed by atoms with Crippen LogP contribution in [0, 0.1) is 6.92 Å². The van der Waals surface area contributed by atoms with Crippen molar-refractivity contribution in [1.29, 1.82) is 0 Å². The van der Waals surface area contributed by atoms with Crippen LogP contribution in [-0.2, 0) is 20.7 Å². The van der Waals surface area contributed by atoms with Crippen molar-refractivity contribution in [3.05, 3.63) is 16.0 Å². The van der Waals surface area contributed by atoms with Gasteiger partial charge in [-0.2, -0.15) is 0 Å². The van der Waals surface area contributed by atoms with E-state index >= 15 is 0 Å². The van der Waals surface area contributed by atoms with Crippen LogP contribution in [0.3, 0.4) is 0 Å². The third-order valence-corrected chi connectivity index (χ3v) is 4.99. The number of esters is 1. The monoisotopic (exact) mass is 397 g/mol. The summed E-state index contributed by atoms with van der Waals surface area (Å²) >= 11 is 1.39. The number of hydrogen-bond donors (Lipinski definition) is 2. The van der Waals surface area contributed by atoms with Crippen molar-refractivity contribution in [3.63, 3.8) is 0 Å². The summed E-state index contributed by atoms with van der Waals surface area (Å²) in [5, 5.41) is 6.16. The SMILES string of the molecule is CCOC(=O)c1c(NC(=O)CN(C)CC(=O)NC(C)(C)C)sc(CC)c1C. The highest BCUT2D eigenvalue weighted by atomic mass is 32.1. The molecule has 1 heterocycles. The zero-order valence-electron chi connectivity index (χ0n) is 17.3. The predicted octanol–water partition coefficient (Wildman–Crippen LogP) is 2.58. The molecular weight excluding hydrogens is 366 g/mol. The fourth-order valence-electron chi connectivity index (χ4n) is 2.61. The second kappa shape index (κ2) is 9.85. The van der Waals surface area contributed by atoms with E-state index < -0.39 is 5.97 Å². The van der Waals surface area contributed by atoms with E-state index in [0.29, 0.717) is 10.6 Å². The van der Waals surface area contributed by atoms with E-state index in [0.717, 1.165) is 16.9 Å². The van der Waals surface area contributed by atoms with Crippen LogP contribution in [-0.4, -0.2) is 55.0 Å². The van der Waals surface area contributed by atoms with Gasteiger partial charge >= 0.3 is 5.97 Å². The average molecular weight is 398 g/mol. The summed E-state index contributed by atoms with van der Waals surface area (Å²) < 4.78 is 5.12. The van der Waals surface area contributed by atoms with Gasteiger partial charge in [0.25, 0.3) is 0 Å². The second-order valence-corrected chi connectivity index (χ2v) is 8.55. The van der Waals surface area contributed by atoms with Crippen molar-refractivity contribution in [2.24, 2.45) is 0 Å². The number of nitrogens with one attached hydrogen (secondary N) is 2. The van der Waals surface area contributed by atoms with Gasteiger partial charge in [0.15, 0.2) is 0 Å². The van der Waals surface area contributed by atoms with Crippen LogP contribution in [0.25, 0.3) is 0 Å². The molecule has 2 amide bonds. The Morgan fingerprint density at radius 2 is 1.70 bits per heavy atom. The largest absolute Gasteiger partial charge is 0.462 e. The van der Waals surface area contributed by atoms with Crippen molar-refractivity contribution in [1.82, 2.24) is 10.2 Å². The van der Waals surface area contributed by atoms with Crippen LogP contribution < -0.4 is 10.6 Å². The molecule has 152 valence electrons. The number of carbonyl (C=O) groups excluding carboxylic acids is 3. The summed E-state index contributed by atoms with van der Waals surface area (Å²) in [5.41, 5.74) is 0.939. The smallest absolute Gasteiger partial charge is 0.341 e. The first-order chi connectivity index (χ1) is 12.5. The number of aryl methyl sites for hydroxylation is 1. The Morgan fingerprint density at radius 3 is 2.22 bits per heavy atom. The van der Waals surface area contributed by atoms with Gasteiger partial charge in [0.1, 0.15) is 5.00 Å². The molecule has 8 heteroatoms. The zero-order chi connectivity index (χ0) is 20.8. The van der Waals surface area contributed by atoms with Crippen LogP contribution in [0.15, 0.2) is 0 Å². The van der Waals surface area contributed by atoms with Gasteiger partial charge in [-0.3, -0.25) is 14.5 Å². The summed E-state index contributed by atoms with van der Waals surface area (Å²) in [6.45, 7) is 11.7. The molecule has 1 aromatic heterocycles. The number of rotatable bonds is 8. The first-order valence-electron chi connectivity index (χ1n) is 9.07. The molecule has 1 aromatic rings. The molecule has 0 saturated carbocycles. The Bertz CT molecular complexity index is 692. The molecule has 0 saturated heterocycles. The van der Waals surface area contributed by atoms with Crippen LogP contribution in [0.1, 0.15) is 55.4 Å². The molecule has 0 unspecified atom stereocenters. The first kappa shape index (κ1) is 23.1. The maximum absolute atomic E-state index is 12.4. The van der Waals surface area contributed by atoms with Gasteiger partial charge in [-0.1, -0.05) is 6.92 Å². The lowest BCUT2D eigenvalue weighted by Crippen LogP contribution is -2.46. The van der Waals surface area contributed by atoms with Crippen molar-refractivity contribution < 1.29 is 19.1 Å². The lowest BCUT2D eigenvalue weighted by atomic mass is 10.1. The molecule has 0 aliphatic carbocycles. The Kier molecular flexibility index (Phi) is 8.43. The van der Waals surface area contributed by atoms with E-state index in [-0.39, 0.29) is 37.0 Å². The van der Waals surface area contributed by atoms with Crippen molar-refractivity contribution in [2.45, 2.75) is 53.5 Å².